The molecule has 9 nitrogen and oxygen atoms in total. The van der Waals surface area contributed by atoms with Gasteiger partial charge in [0.15, 0.2) is 0 Å². The number of ether oxygens (including phenoxy) is 1. The van der Waals surface area contributed by atoms with Crippen molar-refractivity contribution < 1.29 is 19.4 Å². The number of aliphatic hydroxyl groups excluding tert-OH is 1. The number of nitrogens with zero attached hydrogens (tertiary/aromatic N) is 4. The number of likely N-dealkylation sites (tertiary alicyclic amines) is 1. The van der Waals surface area contributed by atoms with Crippen LogP contribution in [0, 0.1) is 13.8 Å². The highest BCUT2D eigenvalue weighted by Crippen LogP contribution is 2.33. The van der Waals surface area contributed by atoms with Gasteiger partial charge in [0, 0.05) is 20.0 Å². The Kier molecular flexibility index (Phi) is 7.19. The molecular weight excluding hydrogens is 478 g/mol. The van der Waals surface area contributed by atoms with Crippen LogP contribution in [0.5, 0.6) is 0 Å². The summed E-state index contributed by atoms with van der Waals surface area (Å²) in [5, 5.41) is 10.2. The van der Waals surface area contributed by atoms with Gasteiger partial charge in [-0.25, -0.2) is 14.8 Å². The van der Waals surface area contributed by atoms with E-state index in [0.717, 1.165) is 21.7 Å². The smallest absolute Gasteiger partial charge is 0.411 e. The normalized spacial score (nSPS) is 17.9. The summed E-state index contributed by atoms with van der Waals surface area (Å²) in [6.07, 6.45) is -0.882. The summed E-state index contributed by atoms with van der Waals surface area (Å²) >= 11 is 1.61. The molecule has 0 bridgehead atoms. The lowest BCUT2D eigenvalue weighted by Crippen LogP contribution is -2.37. The van der Waals surface area contributed by atoms with Crippen LogP contribution in [0.15, 0.2) is 29.8 Å². The third-order valence-electron chi connectivity index (χ3n) is 6.07. The van der Waals surface area contributed by atoms with E-state index in [1.165, 1.54) is 4.90 Å². The van der Waals surface area contributed by atoms with Crippen LogP contribution >= 0.6 is 11.3 Å². The largest absolute Gasteiger partial charge is 0.444 e. The monoisotopic (exact) mass is 511 g/mol. The van der Waals surface area contributed by atoms with Gasteiger partial charge >= 0.3 is 6.09 Å². The second-order valence-corrected chi connectivity index (χ2v) is 11.1. The molecule has 3 aromatic rings. The predicted octanol–water partition coefficient (Wildman–Crippen LogP) is 4.47. The number of aromatic nitrogens is 3. The van der Waals surface area contributed by atoms with Crippen LogP contribution in [-0.4, -0.2) is 67.2 Å². The van der Waals surface area contributed by atoms with E-state index in [4.69, 9.17) is 4.74 Å². The number of carbonyl (C=O) groups is 2. The van der Waals surface area contributed by atoms with E-state index < -0.39 is 23.8 Å². The number of nitrogens with one attached hydrogen (secondary N) is 1. The molecule has 0 spiro atoms. The minimum absolute atomic E-state index is 0.152. The van der Waals surface area contributed by atoms with E-state index in [2.05, 4.69) is 15.0 Å². The average molecular weight is 512 g/mol. The van der Waals surface area contributed by atoms with Gasteiger partial charge < -0.3 is 19.7 Å². The quantitative estimate of drug-likeness (QED) is 0.523. The van der Waals surface area contributed by atoms with Crippen molar-refractivity contribution in [1.29, 1.82) is 0 Å². The SMILES string of the molecule is Cc1nc([C@@H]2C[C@@H](O)CN2C(=O)OC(C)(C)C)[nH]c1C(=O)N(C)Cc1ccc(-c2scnc2C)cc1. The first-order chi connectivity index (χ1) is 16.9. The van der Waals surface area contributed by atoms with Crippen LogP contribution in [0.4, 0.5) is 4.79 Å². The molecule has 36 heavy (non-hydrogen) atoms. The first kappa shape index (κ1) is 25.8. The van der Waals surface area contributed by atoms with Crippen LogP contribution < -0.4 is 0 Å². The fourth-order valence-electron chi connectivity index (χ4n) is 4.32. The summed E-state index contributed by atoms with van der Waals surface area (Å²) in [6, 6.07) is 7.63. The topological polar surface area (TPSA) is 112 Å². The summed E-state index contributed by atoms with van der Waals surface area (Å²) in [5.41, 5.74) is 5.21. The van der Waals surface area contributed by atoms with Gasteiger partial charge in [-0.05, 0) is 45.7 Å². The Hall–Kier alpha value is -3.24. The Labute approximate surface area is 215 Å². The molecule has 1 saturated heterocycles. The summed E-state index contributed by atoms with van der Waals surface area (Å²) in [7, 11) is 1.75. The summed E-state index contributed by atoms with van der Waals surface area (Å²) in [6.45, 7) is 9.72. The highest BCUT2D eigenvalue weighted by Gasteiger charge is 2.40. The molecule has 1 aliphatic heterocycles. The van der Waals surface area contributed by atoms with Crippen LogP contribution in [0.25, 0.3) is 10.4 Å². The summed E-state index contributed by atoms with van der Waals surface area (Å²) in [5.74, 6) is 0.270. The van der Waals surface area contributed by atoms with E-state index in [1.807, 2.05) is 36.7 Å². The van der Waals surface area contributed by atoms with Gasteiger partial charge in [0.2, 0.25) is 0 Å². The number of amides is 2. The van der Waals surface area contributed by atoms with E-state index in [0.29, 0.717) is 30.2 Å². The molecule has 3 heterocycles. The maximum absolute atomic E-state index is 13.3. The van der Waals surface area contributed by atoms with Gasteiger partial charge in [-0.2, -0.15) is 0 Å². The molecule has 0 radical (unpaired) electrons. The third-order valence-corrected chi connectivity index (χ3v) is 7.05. The molecule has 0 aliphatic carbocycles. The molecule has 1 aliphatic rings. The molecular formula is C26H33N5O4S. The molecule has 192 valence electrons. The highest BCUT2D eigenvalue weighted by molar-refractivity contribution is 7.13. The molecule has 0 saturated carbocycles. The number of H-pyrrole nitrogens is 1. The number of hydrogen-bond donors (Lipinski definition) is 2. The van der Waals surface area contributed by atoms with Crippen LogP contribution in [-0.2, 0) is 11.3 Å². The van der Waals surface area contributed by atoms with Gasteiger partial charge in [0.1, 0.15) is 17.1 Å². The van der Waals surface area contributed by atoms with E-state index in [9.17, 15) is 14.7 Å². The van der Waals surface area contributed by atoms with Crippen LogP contribution in [0.1, 0.15) is 66.5 Å². The first-order valence-electron chi connectivity index (χ1n) is 11.9. The second-order valence-electron chi connectivity index (χ2n) is 10.2. The second kappa shape index (κ2) is 10.0. The number of thiazole rings is 1. The number of aliphatic hydroxyl groups is 1. The number of rotatable bonds is 5. The van der Waals surface area contributed by atoms with Gasteiger partial charge in [-0.1, -0.05) is 24.3 Å². The molecule has 2 atom stereocenters. The first-order valence-corrected chi connectivity index (χ1v) is 12.8. The maximum Gasteiger partial charge on any atom is 0.411 e. The van der Waals surface area contributed by atoms with Crippen molar-refractivity contribution in [2.75, 3.05) is 13.6 Å². The van der Waals surface area contributed by atoms with Crippen molar-refractivity contribution in [1.82, 2.24) is 24.8 Å². The summed E-state index contributed by atoms with van der Waals surface area (Å²) < 4.78 is 5.51. The number of imidazole rings is 1. The lowest BCUT2D eigenvalue weighted by atomic mass is 10.1. The van der Waals surface area contributed by atoms with Crippen molar-refractivity contribution in [2.24, 2.45) is 0 Å². The third kappa shape index (κ3) is 5.60. The molecule has 2 amide bonds. The van der Waals surface area contributed by atoms with Crippen molar-refractivity contribution >= 4 is 23.3 Å². The lowest BCUT2D eigenvalue weighted by Gasteiger charge is -2.27. The van der Waals surface area contributed by atoms with Crippen molar-refractivity contribution in [3.05, 3.63) is 58.2 Å². The lowest BCUT2D eigenvalue weighted by molar-refractivity contribution is 0.0201. The molecule has 10 heteroatoms. The molecule has 4 rings (SSSR count). The van der Waals surface area contributed by atoms with Gasteiger partial charge in [-0.15, -0.1) is 11.3 Å². The zero-order valence-electron chi connectivity index (χ0n) is 21.5. The number of β-amino-alcohol motifs (C(OH)–C–C–N with tert-alkyl or cyclic N) is 1. The maximum atomic E-state index is 13.3. The molecule has 1 aromatic carbocycles. The number of benzene rings is 1. The zero-order valence-corrected chi connectivity index (χ0v) is 22.3. The van der Waals surface area contributed by atoms with Crippen LogP contribution in [0.3, 0.4) is 0 Å². The number of aromatic amines is 1. The molecule has 2 N–H and O–H groups in total. The minimum Gasteiger partial charge on any atom is -0.444 e. The fourth-order valence-corrected chi connectivity index (χ4v) is 5.13. The molecule has 0 unspecified atom stereocenters. The standard InChI is InChI=1S/C26H33N5O4S/c1-15-21(29-23(28-15)20-11-19(32)13-31(20)25(34)35-26(3,4)5)24(33)30(6)12-17-7-9-18(10-8-17)22-16(2)27-14-36-22/h7-10,14,19-20,32H,11-13H2,1-6H3,(H,28,29)/t19-,20+/m1/s1. The molecule has 2 aromatic heterocycles. The minimum atomic E-state index is -0.688. The molecule has 1 fully saturated rings. The highest BCUT2D eigenvalue weighted by atomic mass is 32.1. The number of aryl methyl sites for hydroxylation is 2. The predicted molar refractivity (Wildman–Crippen MR) is 138 cm³/mol. The van der Waals surface area contributed by atoms with Crippen molar-refractivity contribution in [2.45, 2.75) is 65.3 Å². The Morgan fingerprint density at radius 3 is 2.53 bits per heavy atom. The Morgan fingerprint density at radius 2 is 1.92 bits per heavy atom. The zero-order chi connectivity index (χ0) is 26.2. The Morgan fingerprint density at radius 1 is 1.22 bits per heavy atom. The number of carbonyl (C=O) groups excluding carboxylic acids is 2. The van der Waals surface area contributed by atoms with Gasteiger partial charge in [0.05, 0.1) is 40.5 Å². The van der Waals surface area contributed by atoms with Crippen molar-refractivity contribution in [3.63, 3.8) is 0 Å². The van der Waals surface area contributed by atoms with Gasteiger partial charge in [0.25, 0.3) is 5.91 Å². The van der Waals surface area contributed by atoms with E-state index in [-0.39, 0.29) is 12.5 Å². The number of hydrogen-bond acceptors (Lipinski definition) is 7. The Balaban J connectivity index is 1.47. The van der Waals surface area contributed by atoms with Crippen LogP contribution in [0.2, 0.25) is 0 Å². The van der Waals surface area contributed by atoms with Gasteiger partial charge in [-0.3, -0.25) is 9.69 Å². The fraction of sp³-hybridized carbons (Fsp3) is 0.462. The average Bonchev–Trinajstić information content (AvgIpc) is 3.50. The summed E-state index contributed by atoms with van der Waals surface area (Å²) in [4.78, 5) is 42.2. The van der Waals surface area contributed by atoms with E-state index in [1.54, 1.807) is 51.0 Å². The Bertz CT molecular complexity index is 1240. The van der Waals surface area contributed by atoms with Crippen molar-refractivity contribution in [3.8, 4) is 10.4 Å². The van der Waals surface area contributed by atoms with E-state index >= 15 is 0 Å².